The van der Waals surface area contributed by atoms with E-state index >= 15 is 0 Å². The van der Waals surface area contributed by atoms with E-state index in [1.807, 2.05) is 0 Å². The summed E-state index contributed by atoms with van der Waals surface area (Å²) in [5, 5.41) is 0. The van der Waals surface area contributed by atoms with Crippen LogP contribution >= 0.6 is 0 Å². The molecule has 0 aromatic carbocycles. The molecule has 0 aromatic rings. The van der Waals surface area contributed by atoms with Gasteiger partial charge < -0.3 is 0 Å². The van der Waals surface area contributed by atoms with Crippen LogP contribution in [-0.2, 0) is 0 Å². The topological polar surface area (TPSA) is 12.4 Å². The van der Waals surface area contributed by atoms with Gasteiger partial charge in [0.2, 0.25) is 0 Å². The van der Waals surface area contributed by atoms with Gasteiger partial charge in [0.1, 0.15) is 0 Å². The highest BCUT2D eigenvalue weighted by atomic mass is 14.7. The van der Waals surface area contributed by atoms with Crippen LogP contribution in [0, 0.1) is 11.3 Å². The van der Waals surface area contributed by atoms with Gasteiger partial charge in [-0.25, -0.2) is 0 Å². The average Bonchev–Trinajstić information content (AvgIpc) is 2.37. The van der Waals surface area contributed by atoms with E-state index in [-0.39, 0.29) is 0 Å². The molecule has 1 atom stereocenters. The molecule has 0 amide bonds. The summed E-state index contributed by atoms with van der Waals surface area (Å²) in [6, 6.07) is 0. The van der Waals surface area contributed by atoms with Crippen molar-refractivity contribution in [3.63, 3.8) is 0 Å². The Morgan fingerprint density at radius 3 is 2.67 bits per heavy atom. The second kappa shape index (κ2) is 2.45. The molecule has 0 spiro atoms. The fourth-order valence-corrected chi connectivity index (χ4v) is 2.10. The Morgan fingerprint density at radius 1 is 1.33 bits per heavy atom. The predicted molar refractivity (Wildman–Crippen MR) is 52.6 cm³/mol. The molecule has 0 bridgehead atoms. The van der Waals surface area contributed by atoms with Gasteiger partial charge in [0.25, 0.3) is 0 Å². The Labute approximate surface area is 74.6 Å². The van der Waals surface area contributed by atoms with Gasteiger partial charge in [0, 0.05) is 6.21 Å². The van der Waals surface area contributed by atoms with Crippen LogP contribution in [0.4, 0.5) is 0 Å². The quantitative estimate of drug-likeness (QED) is 0.520. The van der Waals surface area contributed by atoms with Gasteiger partial charge in [-0.2, -0.15) is 0 Å². The molecule has 1 heterocycles. The Kier molecular flexibility index (Phi) is 1.64. The summed E-state index contributed by atoms with van der Waals surface area (Å²) in [7, 11) is 0. The van der Waals surface area contributed by atoms with Crippen molar-refractivity contribution in [2.24, 2.45) is 16.3 Å². The Morgan fingerprint density at radius 2 is 2.08 bits per heavy atom. The summed E-state index contributed by atoms with van der Waals surface area (Å²) in [6.45, 7) is 8.02. The summed E-state index contributed by atoms with van der Waals surface area (Å²) < 4.78 is 0. The van der Waals surface area contributed by atoms with E-state index in [0.717, 1.165) is 12.5 Å². The highest BCUT2D eigenvalue weighted by Crippen LogP contribution is 2.43. The number of allylic oxidation sites excluding steroid dienone is 1. The Hall–Kier alpha value is -0.590. The lowest BCUT2D eigenvalue weighted by atomic mass is 9.78. The summed E-state index contributed by atoms with van der Waals surface area (Å²) in [6.07, 6.45) is 4.64. The zero-order valence-corrected chi connectivity index (χ0v) is 8.22. The third-order valence-corrected chi connectivity index (χ3v) is 3.17. The molecule has 2 rings (SSSR count). The molecule has 12 heavy (non-hydrogen) atoms. The lowest BCUT2D eigenvalue weighted by Gasteiger charge is -2.27. The van der Waals surface area contributed by atoms with Crippen molar-refractivity contribution < 1.29 is 0 Å². The molecule has 1 aliphatic carbocycles. The second-order valence-electron chi connectivity index (χ2n) is 5.07. The Balaban J connectivity index is 2.09. The molecule has 0 radical (unpaired) electrons. The maximum atomic E-state index is 4.29. The van der Waals surface area contributed by atoms with Crippen LogP contribution in [0.15, 0.2) is 16.1 Å². The SMILES string of the molecule is CC(C)(C)C1CC2=C(CN=C2)C1. The van der Waals surface area contributed by atoms with E-state index in [9.17, 15) is 0 Å². The molecule has 1 aliphatic heterocycles. The van der Waals surface area contributed by atoms with Crippen LogP contribution in [-0.4, -0.2) is 12.8 Å². The maximum Gasteiger partial charge on any atom is 0.0606 e. The van der Waals surface area contributed by atoms with Crippen molar-refractivity contribution in [1.29, 1.82) is 0 Å². The van der Waals surface area contributed by atoms with Gasteiger partial charge in [0.05, 0.1) is 6.54 Å². The second-order valence-corrected chi connectivity index (χ2v) is 5.07. The standard InChI is InChI=1S/C11H17N/c1-11(2,3)10-4-8-6-12-7-9(8)5-10/h6,10H,4-5,7H2,1-3H3. The van der Waals surface area contributed by atoms with Gasteiger partial charge in [-0.1, -0.05) is 20.8 Å². The van der Waals surface area contributed by atoms with Gasteiger partial charge in [-0.05, 0) is 35.3 Å². The monoisotopic (exact) mass is 163 g/mol. The van der Waals surface area contributed by atoms with E-state index in [0.29, 0.717) is 5.41 Å². The summed E-state index contributed by atoms with van der Waals surface area (Å²) in [4.78, 5) is 4.29. The highest BCUT2D eigenvalue weighted by molar-refractivity contribution is 5.83. The molecule has 1 heteroatoms. The first-order valence-electron chi connectivity index (χ1n) is 4.78. The van der Waals surface area contributed by atoms with Crippen LogP contribution in [0.2, 0.25) is 0 Å². The first kappa shape index (κ1) is 8.03. The minimum absolute atomic E-state index is 0.470. The van der Waals surface area contributed by atoms with Crippen molar-refractivity contribution in [1.82, 2.24) is 0 Å². The van der Waals surface area contributed by atoms with Gasteiger partial charge >= 0.3 is 0 Å². The van der Waals surface area contributed by atoms with Gasteiger partial charge in [0.15, 0.2) is 0 Å². The number of hydrogen-bond donors (Lipinski definition) is 0. The first-order valence-corrected chi connectivity index (χ1v) is 4.78. The molecule has 0 saturated heterocycles. The molecule has 0 N–H and O–H groups in total. The minimum atomic E-state index is 0.470. The third-order valence-electron chi connectivity index (χ3n) is 3.17. The van der Waals surface area contributed by atoms with Crippen LogP contribution in [0.3, 0.4) is 0 Å². The zero-order chi connectivity index (χ0) is 8.77. The van der Waals surface area contributed by atoms with E-state index in [2.05, 4.69) is 32.0 Å². The molecular weight excluding hydrogens is 146 g/mol. The van der Waals surface area contributed by atoms with Crippen molar-refractivity contribution in [3.05, 3.63) is 11.1 Å². The third kappa shape index (κ3) is 1.21. The number of hydrogen-bond acceptors (Lipinski definition) is 1. The molecule has 1 nitrogen and oxygen atoms in total. The molecule has 0 aromatic heterocycles. The zero-order valence-electron chi connectivity index (χ0n) is 8.22. The van der Waals surface area contributed by atoms with E-state index in [1.54, 1.807) is 5.57 Å². The van der Waals surface area contributed by atoms with E-state index in [4.69, 9.17) is 0 Å². The van der Waals surface area contributed by atoms with Gasteiger partial charge in [-0.15, -0.1) is 0 Å². The lowest BCUT2D eigenvalue weighted by Crippen LogP contribution is -2.18. The van der Waals surface area contributed by atoms with Gasteiger partial charge in [-0.3, -0.25) is 4.99 Å². The number of aliphatic imine (C=N–C) groups is 1. The largest absolute Gasteiger partial charge is 0.288 e. The van der Waals surface area contributed by atoms with Crippen LogP contribution in [0.5, 0.6) is 0 Å². The maximum absolute atomic E-state index is 4.29. The minimum Gasteiger partial charge on any atom is -0.288 e. The summed E-state index contributed by atoms with van der Waals surface area (Å²) in [5.74, 6) is 0.856. The Bertz CT molecular complexity index is 253. The normalized spacial score (nSPS) is 28.4. The van der Waals surface area contributed by atoms with Crippen molar-refractivity contribution in [2.45, 2.75) is 33.6 Å². The predicted octanol–water partition coefficient (Wildman–Crippen LogP) is 2.82. The first-order chi connectivity index (χ1) is 5.57. The van der Waals surface area contributed by atoms with E-state index in [1.165, 1.54) is 18.4 Å². The molecule has 0 fully saturated rings. The smallest absolute Gasteiger partial charge is 0.0606 e. The average molecular weight is 163 g/mol. The van der Waals surface area contributed by atoms with Crippen LogP contribution in [0.25, 0.3) is 0 Å². The lowest BCUT2D eigenvalue weighted by molar-refractivity contribution is 0.250. The summed E-state index contributed by atoms with van der Waals surface area (Å²) in [5.41, 5.74) is 3.61. The fourth-order valence-electron chi connectivity index (χ4n) is 2.10. The molecule has 1 unspecified atom stereocenters. The molecule has 2 aliphatic rings. The fraction of sp³-hybridized carbons (Fsp3) is 0.727. The summed E-state index contributed by atoms with van der Waals surface area (Å²) >= 11 is 0. The van der Waals surface area contributed by atoms with Crippen molar-refractivity contribution >= 4 is 6.21 Å². The van der Waals surface area contributed by atoms with E-state index < -0.39 is 0 Å². The van der Waals surface area contributed by atoms with Crippen molar-refractivity contribution in [3.8, 4) is 0 Å². The van der Waals surface area contributed by atoms with Crippen LogP contribution in [0.1, 0.15) is 33.6 Å². The molecular formula is C11H17N. The number of nitrogens with zero attached hydrogens (tertiary/aromatic N) is 1. The highest BCUT2D eigenvalue weighted by Gasteiger charge is 2.32. The van der Waals surface area contributed by atoms with Crippen molar-refractivity contribution in [2.75, 3.05) is 6.54 Å². The van der Waals surface area contributed by atoms with Crippen LogP contribution < -0.4 is 0 Å². The molecule has 0 saturated carbocycles. The number of rotatable bonds is 0. The molecule has 66 valence electrons.